The molecule has 0 aromatic heterocycles. The molecule has 1 N–H and O–H groups in total. The Morgan fingerprint density at radius 1 is 1.33 bits per heavy atom. The van der Waals surface area contributed by atoms with E-state index in [1.807, 2.05) is 7.05 Å². The lowest BCUT2D eigenvalue weighted by Gasteiger charge is -2.26. The average molecular weight is 246 g/mol. The minimum Gasteiger partial charge on any atom is -0.368 e. The number of benzene rings is 1. The average Bonchev–Trinajstić information content (AvgIpc) is 3.17. The molecule has 2 heteroatoms. The van der Waals surface area contributed by atoms with Crippen molar-refractivity contribution in [3.63, 3.8) is 0 Å². The van der Waals surface area contributed by atoms with E-state index >= 15 is 0 Å². The lowest BCUT2D eigenvalue weighted by molar-refractivity contribution is 0.711. The maximum absolute atomic E-state index is 3.22. The van der Waals surface area contributed by atoms with Crippen LogP contribution in [-0.2, 0) is 6.54 Å². The lowest BCUT2D eigenvalue weighted by Crippen LogP contribution is -2.27. The van der Waals surface area contributed by atoms with E-state index in [1.165, 1.54) is 49.0 Å². The van der Waals surface area contributed by atoms with Crippen molar-refractivity contribution < 1.29 is 0 Å². The number of hydrogen-bond acceptors (Lipinski definition) is 2. The van der Waals surface area contributed by atoms with Crippen LogP contribution >= 0.6 is 0 Å². The minimum atomic E-state index is 0.811. The van der Waals surface area contributed by atoms with Gasteiger partial charge < -0.3 is 10.2 Å². The summed E-state index contributed by atoms with van der Waals surface area (Å²) in [5.74, 6) is 0. The van der Waals surface area contributed by atoms with Gasteiger partial charge in [-0.25, -0.2) is 0 Å². The molecule has 0 atom stereocenters. The molecule has 18 heavy (non-hydrogen) atoms. The first kappa shape index (κ1) is 13.4. The second-order valence-electron chi connectivity index (χ2n) is 5.43. The van der Waals surface area contributed by atoms with E-state index in [9.17, 15) is 0 Å². The van der Waals surface area contributed by atoms with Crippen molar-refractivity contribution in [3.05, 3.63) is 29.3 Å². The molecule has 0 heterocycles. The van der Waals surface area contributed by atoms with Crippen molar-refractivity contribution in [2.75, 3.05) is 18.5 Å². The summed E-state index contributed by atoms with van der Waals surface area (Å²) in [6.45, 7) is 6.69. The number of nitrogens with zero attached hydrogens (tertiary/aromatic N) is 1. The topological polar surface area (TPSA) is 15.3 Å². The van der Waals surface area contributed by atoms with E-state index in [0.29, 0.717) is 0 Å². The van der Waals surface area contributed by atoms with Crippen LogP contribution in [0.4, 0.5) is 5.69 Å². The molecule has 1 aliphatic rings. The molecule has 0 unspecified atom stereocenters. The number of hydrogen-bond donors (Lipinski definition) is 1. The van der Waals surface area contributed by atoms with Gasteiger partial charge >= 0.3 is 0 Å². The van der Waals surface area contributed by atoms with Gasteiger partial charge in [-0.2, -0.15) is 0 Å². The molecule has 1 saturated carbocycles. The van der Waals surface area contributed by atoms with Crippen molar-refractivity contribution in [2.24, 2.45) is 0 Å². The van der Waals surface area contributed by atoms with Crippen LogP contribution in [0.5, 0.6) is 0 Å². The smallest absolute Gasteiger partial charge is 0.0398 e. The van der Waals surface area contributed by atoms with Gasteiger partial charge in [0, 0.05) is 24.8 Å². The minimum absolute atomic E-state index is 0.811. The van der Waals surface area contributed by atoms with Gasteiger partial charge in [0.05, 0.1) is 0 Å². The van der Waals surface area contributed by atoms with Gasteiger partial charge in [0.1, 0.15) is 0 Å². The zero-order chi connectivity index (χ0) is 13.0. The summed E-state index contributed by atoms with van der Waals surface area (Å²) in [5.41, 5.74) is 4.25. The van der Waals surface area contributed by atoms with E-state index in [1.54, 1.807) is 0 Å². The molecule has 0 aliphatic heterocycles. The second-order valence-corrected chi connectivity index (χ2v) is 5.43. The fraction of sp³-hybridized carbons (Fsp3) is 0.625. The van der Waals surface area contributed by atoms with Crippen LogP contribution in [0, 0.1) is 6.92 Å². The molecule has 2 nitrogen and oxygen atoms in total. The zero-order valence-corrected chi connectivity index (χ0v) is 12.0. The molecule has 1 aromatic rings. The molecule has 0 saturated heterocycles. The monoisotopic (exact) mass is 246 g/mol. The maximum atomic E-state index is 3.22. The molecule has 0 amide bonds. The first-order chi connectivity index (χ1) is 8.76. The van der Waals surface area contributed by atoms with Crippen LogP contribution in [0.2, 0.25) is 0 Å². The predicted molar refractivity (Wildman–Crippen MR) is 79.2 cm³/mol. The molecule has 2 rings (SSSR count). The molecule has 100 valence electrons. The van der Waals surface area contributed by atoms with Crippen molar-refractivity contribution in [2.45, 2.75) is 52.1 Å². The zero-order valence-electron chi connectivity index (χ0n) is 12.0. The Bertz CT molecular complexity index is 383. The van der Waals surface area contributed by atoms with E-state index < -0.39 is 0 Å². The summed E-state index contributed by atoms with van der Waals surface area (Å²) in [6.07, 6.45) is 5.33. The highest BCUT2D eigenvalue weighted by molar-refractivity contribution is 5.56. The van der Waals surface area contributed by atoms with Crippen LogP contribution in [0.1, 0.15) is 43.7 Å². The molecule has 0 bridgehead atoms. The van der Waals surface area contributed by atoms with Crippen LogP contribution < -0.4 is 10.2 Å². The Hall–Kier alpha value is -1.02. The SMILES string of the molecule is CCCCN(c1ccc(CNC)cc1C)C1CC1. The first-order valence-electron chi connectivity index (χ1n) is 7.27. The van der Waals surface area contributed by atoms with Crippen molar-refractivity contribution in [1.29, 1.82) is 0 Å². The van der Waals surface area contributed by atoms with E-state index in [4.69, 9.17) is 0 Å². The van der Waals surface area contributed by atoms with Crippen molar-refractivity contribution in [3.8, 4) is 0 Å². The lowest BCUT2D eigenvalue weighted by atomic mass is 10.1. The third-order valence-corrected chi connectivity index (χ3v) is 3.69. The molecule has 1 aliphatic carbocycles. The summed E-state index contributed by atoms with van der Waals surface area (Å²) >= 11 is 0. The van der Waals surface area contributed by atoms with Crippen LogP contribution in [-0.4, -0.2) is 19.6 Å². The Kier molecular flexibility index (Phi) is 4.65. The third kappa shape index (κ3) is 3.26. The Morgan fingerprint density at radius 2 is 2.11 bits per heavy atom. The van der Waals surface area contributed by atoms with E-state index in [2.05, 4.69) is 42.3 Å². The summed E-state index contributed by atoms with van der Waals surface area (Å²) < 4.78 is 0. The van der Waals surface area contributed by atoms with Crippen molar-refractivity contribution >= 4 is 5.69 Å². The Morgan fingerprint density at radius 3 is 2.67 bits per heavy atom. The quantitative estimate of drug-likeness (QED) is 0.792. The van der Waals surface area contributed by atoms with Crippen molar-refractivity contribution in [1.82, 2.24) is 5.32 Å². The summed E-state index contributed by atoms with van der Waals surface area (Å²) in [4.78, 5) is 2.63. The summed E-state index contributed by atoms with van der Waals surface area (Å²) in [5, 5.41) is 3.22. The molecular weight excluding hydrogens is 220 g/mol. The van der Waals surface area contributed by atoms with Crippen LogP contribution in [0.3, 0.4) is 0 Å². The fourth-order valence-corrected chi connectivity index (χ4v) is 2.57. The van der Waals surface area contributed by atoms with Gasteiger partial charge in [-0.3, -0.25) is 0 Å². The molecule has 0 radical (unpaired) electrons. The van der Waals surface area contributed by atoms with Gasteiger partial charge in [-0.1, -0.05) is 25.5 Å². The van der Waals surface area contributed by atoms with Crippen LogP contribution in [0.25, 0.3) is 0 Å². The first-order valence-corrected chi connectivity index (χ1v) is 7.27. The Balaban J connectivity index is 2.13. The predicted octanol–water partition coefficient (Wildman–Crippen LogP) is 3.48. The molecule has 1 aromatic carbocycles. The van der Waals surface area contributed by atoms with E-state index in [0.717, 1.165) is 12.6 Å². The maximum Gasteiger partial charge on any atom is 0.0398 e. The standard InChI is InChI=1S/C16H26N2/c1-4-5-10-18(15-7-8-15)16-9-6-14(12-17-3)11-13(16)2/h6,9,11,15,17H,4-5,7-8,10,12H2,1-3H3. The molecular formula is C16H26N2. The largest absolute Gasteiger partial charge is 0.368 e. The number of aryl methyl sites for hydroxylation is 1. The molecule has 1 fully saturated rings. The van der Waals surface area contributed by atoms with Crippen LogP contribution in [0.15, 0.2) is 18.2 Å². The highest BCUT2D eigenvalue weighted by Gasteiger charge is 2.29. The Labute approximate surface area is 111 Å². The molecule has 0 spiro atoms. The van der Waals surface area contributed by atoms with Gasteiger partial charge in [-0.05, 0) is 50.4 Å². The number of anilines is 1. The van der Waals surface area contributed by atoms with Gasteiger partial charge in [0.2, 0.25) is 0 Å². The van der Waals surface area contributed by atoms with Gasteiger partial charge in [0.25, 0.3) is 0 Å². The van der Waals surface area contributed by atoms with Gasteiger partial charge in [-0.15, -0.1) is 0 Å². The fourth-order valence-electron chi connectivity index (χ4n) is 2.57. The summed E-state index contributed by atoms with van der Waals surface area (Å²) in [7, 11) is 2.00. The normalized spacial score (nSPS) is 14.8. The van der Waals surface area contributed by atoms with E-state index in [-0.39, 0.29) is 0 Å². The van der Waals surface area contributed by atoms with Gasteiger partial charge in [0.15, 0.2) is 0 Å². The summed E-state index contributed by atoms with van der Waals surface area (Å²) in [6, 6.07) is 7.72. The highest BCUT2D eigenvalue weighted by Crippen LogP contribution is 2.34. The number of rotatable bonds is 7. The second kappa shape index (κ2) is 6.24. The number of unbranched alkanes of at least 4 members (excludes halogenated alkanes) is 1. The highest BCUT2D eigenvalue weighted by atomic mass is 15.2. The third-order valence-electron chi connectivity index (χ3n) is 3.69. The number of nitrogens with one attached hydrogen (secondary N) is 1.